The maximum absolute atomic E-state index is 3.27. The molecule has 1 aromatic heterocycles. The summed E-state index contributed by atoms with van der Waals surface area (Å²) in [5.41, 5.74) is 2.84. The van der Waals surface area contributed by atoms with Crippen LogP contribution < -0.4 is 8.92 Å². The summed E-state index contributed by atoms with van der Waals surface area (Å²) in [6, 6.07) is 50.2. The molecular formula is C32H25SSe. The number of hydrogen-bond acceptors (Lipinski definition) is 1. The number of fused-ring (bicyclic) bond motifs is 3. The number of rotatable bonds is 6. The van der Waals surface area contributed by atoms with Crippen LogP contribution in [-0.4, -0.2) is 12.8 Å². The quantitative estimate of drug-likeness (QED) is 0.208. The monoisotopic (exact) mass is 521 g/mol. The fourth-order valence-electron chi connectivity index (χ4n) is 4.92. The maximum atomic E-state index is 3.27. The van der Waals surface area contributed by atoms with Crippen LogP contribution in [0.4, 0.5) is 0 Å². The van der Waals surface area contributed by atoms with Crippen LogP contribution in [0.2, 0.25) is 0 Å². The van der Waals surface area contributed by atoms with E-state index in [1.807, 2.05) is 11.3 Å². The summed E-state index contributed by atoms with van der Waals surface area (Å²) >= 11 is -0.628. The summed E-state index contributed by atoms with van der Waals surface area (Å²) in [4.78, 5) is 0. The molecular weight excluding hydrogens is 495 g/mol. The fraction of sp³-hybridized carbons (Fsp3) is 0.0625. The molecule has 6 aromatic rings. The van der Waals surface area contributed by atoms with Crippen molar-refractivity contribution >= 4 is 53.3 Å². The molecule has 0 saturated heterocycles. The normalized spacial score (nSPS) is 12.2. The van der Waals surface area contributed by atoms with Crippen molar-refractivity contribution < 1.29 is 0 Å². The summed E-state index contributed by atoms with van der Waals surface area (Å²) in [5.74, 6) is 0. The van der Waals surface area contributed by atoms with E-state index >= 15 is 0 Å². The zero-order chi connectivity index (χ0) is 22.8. The van der Waals surface area contributed by atoms with E-state index in [0.29, 0.717) is 0 Å². The SMILES string of the molecule is [c]1ccc([Se](Cc2ccccc2)(Cc2ccccc2)c2cccc3sc4ccccc4c23)cc1. The third kappa shape index (κ3) is 3.89. The molecule has 34 heavy (non-hydrogen) atoms. The number of benzene rings is 5. The molecule has 1 radical (unpaired) electrons. The molecule has 1 heterocycles. The molecule has 0 nitrogen and oxygen atoms in total. The van der Waals surface area contributed by atoms with Crippen molar-refractivity contribution in [3.05, 3.63) is 145 Å². The first-order valence-corrected chi connectivity index (χ1v) is 16.5. The van der Waals surface area contributed by atoms with Gasteiger partial charge in [-0.2, -0.15) is 0 Å². The van der Waals surface area contributed by atoms with E-state index in [-0.39, 0.29) is 0 Å². The standard InChI is InChI=1S/C32H25SSe/c1-4-13-25(14-5-1)23-34(27-17-8-3-9-18-27,24-26-15-6-2-7-16-26)31-22-12-21-30-32(31)28-19-10-11-20-29(28)33-30/h1-2,4-22H,23-24H2. The van der Waals surface area contributed by atoms with Crippen LogP contribution >= 0.6 is 11.3 Å². The van der Waals surface area contributed by atoms with Gasteiger partial charge in [-0.3, -0.25) is 0 Å². The van der Waals surface area contributed by atoms with Crippen LogP contribution in [0.25, 0.3) is 20.2 Å². The molecule has 0 aliphatic carbocycles. The van der Waals surface area contributed by atoms with Crippen LogP contribution in [0.1, 0.15) is 11.1 Å². The van der Waals surface area contributed by atoms with E-state index < -0.39 is 12.8 Å². The second kappa shape index (κ2) is 9.24. The average molecular weight is 521 g/mol. The Hall–Kier alpha value is -3.16. The van der Waals surface area contributed by atoms with E-state index in [0.717, 1.165) is 10.6 Å². The molecule has 6 rings (SSSR count). The summed E-state index contributed by atoms with van der Waals surface area (Å²) in [6.07, 6.45) is 0. The van der Waals surface area contributed by atoms with Crippen molar-refractivity contribution in [3.63, 3.8) is 0 Å². The van der Waals surface area contributed by atoms with Gasteiger partial charge in [-0.1, -0.05) is 0 Å². The molecule has 0 unspecified atom stereocenters. The van der Waals surface area contributed by atoms with E-state index in [1.54, 1.807) is 4.46 Å². The third-order valence-electron chi connectivity index (χ3n) is 6.44. The second-order valence-electron chi connectivity index (χ2n) is 8.61. The van der Waals surface area contributed by atoms with Crippen molar-refractivity contribution in [1.82, 2.24) is 0 Å². The van der Waals surface area contributed by atoms with E-state index in [4.69, 9.17) is 0 Å². The Balaban J connectivity index is 1.69. The van der Waals surface area contributed by atoms with Gasteiger partial charge in [-0.05, 0) is 0 Å². The number of hydrogen-bond donors (Lipinski definition) is 0. The Labute approximate surface area is 207 Å². The minimum atomic E-state index is -2.55. The number of thiophene rings is 1. The topological polar surface area (TPSA) is 0 Å². The van der Waals surface area contributed by atoms with Crippen LogP contribution in [0.15, 0.2) is 127 Å². The first kappa shape index (κ1) is 21.4. The van der Waals surface area contributed by atoms with Crippen LogP contribution in [-0.2, 0) is 10.6 Å². The van der Waals surface area contributed by atoms with Crippen molar-refractivity contribution in [2.45, 2.75) is 10.6 Å². The molecule has 0 saturated carbocycles. The van der Waals surface area contributed by atoms with E-state index in [9.17, 15) is 0 Å². The summed E-state index contributed by atoms with van der Waals surface area (Å²) < 4.78 is 5.82. The van der Waals surface area contributed by atoms with Crippen LogP contribution in [0.5, 0.6) is 0 Å². The molecule has 0 atom stereocenters. The second-order valence-corrected chi connectivity index (χ2v) is 16.5. The molecule has 0 aliphatic rings. The molecule has 0 spiro atoms. The average Bonchev–Trinajstić information content (AvgIpc) is 3.29. The Morgan fingerprint density at radius 3 is 1.82 bits per heavy atom. The van der Waals surface area contributed by atoms with Crippen molar-refractivity contribution in [2.75, 3.05) is 0 Å². The molecule has 0 amide bonds. The zero-order valence-corrected chi connectivity index (χ0v) is 21.4. The molecule has 0 fully saturated rings. The molecule has 165 valence electrons. The van der Waals surface area contributed by atoms with E-state index in [1.165, 1.54) is 35.8 Å². The van der Waals surface area contributed by atoms with Gasteiger partial charge in [-0.15, -0.1) is 0 Å². The fourth-order valence-corrected chi connectivity index (χ4v) is 14.9. The minimum absolute atomic E-state index is 1.08. The van der Waals surface area contributed by atoms with Gasteiger partial charge in [0, 0.05) is 0 Å². The van der Waals surface area contributed by atoms with Crippen molar-refractivity contribution in [1.29, 1.82) is 0 Å². The molecule has 2 heteroatoms. The molecule has 0 N–H and O–H groups in total. The van der Waals surface area contributed by atoms with Crippen LogP contribution in [0, 0.1) is 6.07 Å². The van der Waals surface area contributed by atoms with Gasteiger partial charge in [0.25, 0.3) is 0 Å². The molecule has 0 bridgehead atoms. The van der Waals surface area contributed by atoms with Gasteiger partial charge >= 0.3 is 209 Å². The predicted molar refractivity (Wildman–Crippen MR) is 150 cm³/mol. The van der Waals surface area contributed by atoms with Gasteiger partial charge in [0.2, 0.25) is 0 Å². The molecule has 5 aromatic carbocycles. The van der Waals surface area contributed by atoms with Crippen molar-refractivity contribution in [3.8, 4) is 0 Å². The Morgan fingerprint density at radius 2 is 1.15 bits per heavy atom. The van der Waals surface area contributed by atoms with Crippen molar-refractivity contribution in [2.24, 2.45) is 0 Å². The predicted octanol–water partition coefficient (Wildman–Crippen LogP) is 6.98. The summed E-state index contributed by atoms with van der Waals surface area (Å²) in [5, 5.41) is 5.02. The summed E-state index contributed by atoms with van der Waals surface area (Å²) in [6.45, 7) is 0. The Morgan fingerprint density at radius 1 is 0.559 bits per heavy atom. The zero-order valence-electron chi connectivity index (χ0n) is 18.9. The first-order chi connectivity index (χ1) is 16.8. The van der Waals surface area contributed by atoms with Gasteiger partial charge in [-0.25, -0.2) is 0 Å². The van der Waals surface area contributed by atoms with Gasteiger partial charge in [0.1, 0.15) is 0 Å². The van der Waals surface area contributed by atoms with Gasteiger partial charge < -0.3 is 0 Å². The third-order valence-corrected chi connectivity index (χ3v) is 16.0. The first-order valence-electron chi connectivity index (χ1n) is 11.6. The Kier molecular flexibility index (Phi) is 5.81. The Bertz CT molecular complexity index is 1490. The van der Waals surface area contributed by atoms with Gasteiger partial charge in [0.15, 0.2) is 0 Å². The van der Waals surface area contributed by atoms with E-state index in [2.05, 4.69) is 133 Å². The summed E-state index contributed by atoms with van der Waals surface area (Å²) in [7, 11) is 0. The van der Waals surface area contributed by atoms with Crippen LogP contribution in [0.3, 0.4) is 0 Å². The van der Waals surface area contributed by atoms with Gasteiger partial charge in [0.05, 0.1) is 0 Å². The molecule has 0 aliphatic heterocycles.